The van der Waals surface area contributed by atoms with Crippen LogP contribution in [-0.2, 0) is 0 Å². The highest BCUT2D eigenvalue weighted by molar-refractivity contribution is 6.23. The van der Waals surface area contributed by atoms with E-state index in [0.29, 0.717) is 0 Å². The van der Waals surface area contributed by atoms with Gasteiger partial charge in [-0.05, 0) is 136 Å². The summed E-state index contributed by atoms with van der Waals surface area (Å²) in [4.78, 5) is 0. The lowest BCUT2D eigenvalue weighted by Gasteiger charge is -2.14. The summed E-state index contributed by atoms with van der Waals surface area (Å²) in [5.74, 6) is 0. The number of fused-ring (bicyclic) bond motifs is 11. The Hall–Kier alpha value is -9.64. The molecule has 0 saturated carbocycles. The van der Waals surface area contributed by atoms with E-state index in [1.807, 2.05) is 0 Å². The molecular weight excluding hydrogens is 875 g/mol. The van der Waals surface area contributed by atoms with Gasteiger partial charge in [-0.3, -0.25) is 9.13 Å². The van der Waals surface area contributed by atoms with E-state index in [9.17, 15) is 0 Å². The molecule has 0 amide bonds. The highest BCUT2D eigenvalue weighted by Gasteiger charge is 2.24. The van der Waals surface area contributed by atoms with Gasteiger partial charge in [0.15, 0.2) is 0 Å². The van der Waals surface area contributed by atoms with Gasteiger partial charge in [0.1, 0.15) is 16.8 Å². The number of benzene rings is 11. The summed E-state index contributed by atoms with van der Waals surface area (Å²) in [5, 5.41) is 8.28. The zero-order valence-corrected chi connectivity index (χ0v) is 39.1. The van der Waals surface area contributed by atoms with Gasteiger partial charge in [0.2, 0.25) is 0 Å². The molecule has 0 aliphatic heterocycles. The average Bonchev–Trinajstić information content (AvgIpc) is 4.19. The van der Waals surface area contributed by atoms with E-state index in [1.165, 1.54) is 76.9 Å². The molecule has 0 atom stereocenters. The van der Waals surface area contributed by atoms with Gasteiger partial charge >= 0.3 is 0 Å². The van der Waals surface area contributed by atoms with Gasteiger partial charge in [0.05, 0.1) is 22.1 Å². The minimum Gasteiger partial charge on any atom is -0.456 e. The van der Waals surface area contributed by atoms with Crippen LogP contribution in [0.15, 0.2) is 265 Å². The molecule has 0 fully saturated rings. The number of furan rings is 1. The first-order valence-corrected chi connectivity index (χ1v) is 24.7. The quantitative estimate of drug-likeness (QED) is 0.157. The molecule has 11 aromatic carbocycles. The molecule has 72 heavy (non-hydrogen) atoms. The van der Waals surface area contributed by atoms with E-state index in [-0.39, 0.29) is 0 Å². The van der Waals surface area contributed by atoms with E-state index >= 15 is 0 Å². The van der Waals surface area contributed by atoms with Crippen molar-refractivity contribution in [3.8, 4) is 61.6 Å². The molecule has 0 aliphatic rings. The Kier molecular flexibility index (Phi) is 8.92. The van der Waals surface area contributed by atoms with Gasteiger partial charge in [-0.1, -0.05) is 170 Å². The fraction of sp³-hybridized carbons (Fsp3) is 0. The van der Waals surface area contributed by atoms with Crippen LogP contribution in [0.25, 0.3) is 138 Å². The molecule has 0 aliphatic carbocycles. The zero-order valence-electron chi connectivity index (χ0n) is 39.1. The van der Waals surface area contributed by atoms with Crippen molar-refractivity contribution in [1.29, 1.82) is 0 Å². The molecule has 15 rings (SSSR count). The Morgan fingerprint density at radius 1 is 0.222 bits per heavy atom. The number of aromatic nitrogens is 3. The van der Waals surface area contributed by atoms with E-state index in [0.717, 1.165) is 61.3 Å². The monoisotopic (exact) mass is 917 g/mol. The van der Waals surface area contributed by atoms with E-state index in [2.05, 4.69) is 275 Å². The molecule has 0 N–H and O–H groups in total. The normalized spacial score (nSPS) is 11.9. The Morgan fingerprint density at radius 3 is 1.25 bits per heavy atom. The van der Waals surface area contributed by atoms with Crippen LogP contribution in [0.3, 0.4) is 0 Å². The minimum atomic E-state index is 0.857. The molecule has 0 saturated heterocycles. The number of hydrogen-bond acceptors (Lipinski definition) is 1. The molecule has 0 radical (unpaired) electrons. The maximum atomic E-state index is 6.65. The van der Waals surface area contributed by atoms with E-state index in [4.69, 9.17) is 4.42 Å². The lowest BCUT2D eigenvalue weighted by atomic mass is 9.94. The van der Waals surface area contributed by atoms with Gasteiger partial charge in [0, 0.05) is 54.8 Å². The molecule has 4 heteroatoms. The number of para-hydroxylation sites is 4. The molecule has 15 aromatic rings. The van der Waals surface area contributed by atoms with Crippen LogP contribution in [0.1, 0.15) is 0 Å². The predicted octanol–water partition coefficient (Wildman–Crippen LogP) is 18.4. The lowest BCUT2D eigenvalue weighted by Crippen LogP contribution is -2.02. The lowest BCUT2D eigenvalue weighted by molar-refractivity contribution is 0.669. The van der Waals surface area contributed by atoms with Crippen molar-refractivity contribution in [2.24, 2.45) is 0 Å². The molecule has 336 valence electrons. The fourth-order valence-corrected chi connectivity index (χ4v) is 11.5. The van der Waals surface area contributed by atoms with Crippen molar-refractivity contribution in [1.82, 2.24) is 13.7 Å². The molecule has 0 spiro atoms. The van der Waals surface area contributed by atoms with Gasteiger partial charge in [0.25, 0.3) is 0 Å². The molecule has 0 unspecified atom stereocenters. The van der Waals surface area contributed by atoms with Crippen molar-refractivity contribution < 1.29 is 4.42 Å². The van der Waals surface area contributed by atoms with Crippen LogP contribution >= 0.6 is 0 Å². The fourth-order valence-electron chi connectivity index (χ4n) is 11.5. The predicted molar refractivity (Wildman–Crippen MR) is 301 cm³/mol. The topological polar surface area (TPSA) is 27.9 Å². The van der Waals surface area contributed by atoms with Gasteiger partial charge in [-0.15, -0.1) is 0 Å². The van der Waals surface area contributed by atoms with Crippen LogP contribution in [-0.4, -0.2) is 13.7 Å². The second-order valence-electron chi connectivity index (χ2n) is 18.9. The molecule has 4 heterocycles. The molecule has 4 aromatic heterocycles. The smallest absolute Gasteiger partial charge is 0.135 e. The van der Waals surface area contributed by atoms with E-state index < -0.39 is 0 Å². The summed E-state index contributed by atoms with van der Waals surface area (Å²) in [5.41, 5.74) is 20.3. The Balaban J connectivity index is 0.898. The number of nitrogens with zero attached hydrogens (tertiary/aromatic N) is 3. The van der Waals surface area contributed by atoms with Crippen LogP contribution in [0.2, 0.25) is 0 Å². The first-order valence-electron chi connectivity index (χ1n) is 24.7. The van der Waals surface area contributed by atoms with Gasteiger partial charge in [-0.25, -0.2) is 0 Å². The summed E-state index contributed by atoms with van der Waals surface area (Å²) in [6, 6.07) is 94.6. The standard InChI is InChI=1S/C68H43N3O/c1-3-16-44(17-4-1)45-18-13-19-46(38-45)47-20-14-21-48(39-47)49-22-15-23-50(40-49)51-32-36-65-59(41-51)60-42-53(34-37-66(60)72-65)71-64-43-54(69-61-29-10-7-26-55(61)56-27-8-11-30-62(56)69)33-35-58(64)67-57-28-9-12-31-63(57)70(68(67)71)52-24-5-2-6-25-52/h1-43H. The SMILES string of the molecule is c1ccc(-c2cccc(-c3cccc(-c4cccc(-c5ccc6oc7ccc(-n8c9cc(-n%10c%11ccccc%11c%11ccccc%11%10)ccc9c9c%10ccccc%10n(-c%10ccccc%10)c98)cc7c6c5)c4)c3)c2)cc1. The first kappa shape index (κ1) is 40.3. The molecular formula is C68H43N3O. The third kappa shape index (κ3) is 6.26. The second kappa shape index (κ2) is 16.0. The number of rotatable bonds is 7. The highest BCUT2D eigenvalue weighted by Crippen LogP contribution is 2.44. The maximum Gasteiger partial charge on any atom is 0.135 e. The summed E-state index contributed by atoms with van der Waals surface area (Å²) in [6.45, 7) is 0. The van der Waals surface area contributed by atoms with Gasteiger partial charge in [-0.2, -0.15) is 0 Å². The Labute approximate surface area is 415 Å². The molecule has 4 nitrogen and oxygen atoms in total. The zero-order chi connectivity index (χ0) is 47.3. The first-order chi connectivity index (χ1) is 35.7. The average molecular weight is 918 g/mol. The summed E-state index contributed by atoms with van der Waals surface area (Å²) in [7, 11) is 0. The third-order valence-corrected chi connectivity index (χ3v) is 14.8. The summed E-state index contributed by atoms with van der Waals surface area (Å²) < 4.78 is 14.0. The highest BCUT2D eigenvalue weighted by atomic mass is 16.3. The summed E-state index contributed by atoms with van der Waals surface area (Å²) >= 11 is 0. The number of hydrogen-bond donors (Lipinski definition) is 0. The molecule has 0 bridgehead atoms. The van der Waals surface area contributed by atoms with Crippen molar-refractivity contribution in [3.05, 3.63) is 261 Å². The second-order valence-corrected chi connectivity index (χ2v) is 18.9. The largest absolute Gasteiger partial charge is 0.456 e. The van der Waals surface area contributed by atoms with Crippen molar-refractivity contribution >= 4 is 76.6 Å². The maximum absolute atomic E-state index is 6.65. The van der Waals surface area contributed by atoms with E-state index in [1.54, 1.807) is 0 Å². The minimum absolute atomic E-state index is 0.857. The Morgan fingerprint density at radius 2 is 0.639 bits per heavy atom. The van der Waals surface area contributed by atoms with Crippen LogP contribution in [0, 0.1) is 0 Å². The van der Waals surface area contributed by atoms with Crippen LogP contribution in [0.4, 0.5) is 0 Å². The van der Waals surface area contributed by atoms with Crippen LogP contribution < -0.4 is 0 Å². The third-order valence-electron chi connectivity index (χ3n) is 14.8. The summed E-state index contributed by atoms with van der Waals surface area (Å²) in [6.07, 6.45) is 0. The van der Waals surface area contributed by atoms with Crippen molar-refractivity contribution in [2.45, 2.75) is 0 Å². The Bertz CT molecular complexity index is 4570. The van der Waals surface area contributed by atoms with Crippen LogP contribution in [0.5, 0.6) is 0 Å². The van der Waals surface area contributed by atoms with Crippen molar-refractivity contribution in [3.63, 3.8) is 0 Å². The van der Waals surface area contributed by atoms with Crippen molar-refractivity contribution in [2.75, 3.05) is 0 Å². The van der Waals surface area contributed by atoms with Gasteiger partial charge < -0.3 is 8.98 Å².